The van der Waals surface area contributed by atoms with E-state index in [0.717, 1.165) is 28.1 Å². The number of aryl methyl sites for hydroxylation is 3. The lowest BCUT2D eigenvalue weighted by molar-refractivity contribution is 0.340. The number of benzene rings is 3. The first-order valence-corrected chi connectivity index (χ1v) is 12.1. The molecule has 3 aromatic rings. The van der Waals surface area contributed by atoms with Gasteiger partial charge < -0.3 is 15.4 Å². The molecule has 0 aromatic heterocycles. The average molecular weight is 470 g/mol. The predicted octanol–water partition coefficient (Wildman–Crippen LogP) is 5.62. The largest absolute Gasteiger partial charge is 0.494 e. The molecule has 0 radical (unpaired) electrons. The molecule has 0 spiro atoms. The van der Waals surface area contributed by atoms with E-state index in [1.165, 1.54) is 0 Å². The molecule has 0 aliphatic rings. The predicted molar refractivity (Wildman–Crippen MR) is 135 cm³/mol. The summed E-state index contributed by atoms with van der Waals surface area (Å²) in [6, 6.07) is 17.8. The van der Waals surface area contributed by atoms with Crippen molar-refractivity contribution in [3.8, 4) is 5.75 Å². The van der Waals surface area contributed by atoms with Crippen LogP contribution in [0.5, 0.6) is 5.75 Å². The third-order valence-electron chi connectivity index (χ3n) is 4.76. The van der Waals surface area contributed by atoms with E-state index >= 15 is 0 Å². The highest BCUT2D eigenvalue weighted by Crippen LogP contribution is 2.25. The number of ether oxygens (including phenoxy) is 1. The third kappa shape index (κ3) is 5.99. The zero-order chi connectivity index (χ0) is 23.3. The van der Waals surface area contributed by atoms with Gasteiger partial charge in [0, 0.05) is 11.4 Å². The minimum Gasteiger partial charge on any atom is -0.494 e. The third-order valence-corrected chi connectivity index (χ3v) is 6.33. The molecular weight excluding hydrogens is 442 g/mol. The Morgan fingerprint density at radius 3 is 1.88 bits per heavy atom. The van der Waals surface area contributed by atoms with Crippen LogP contribution in [0.2, 0.25) is 0 Å². The summed E-state index contributed by atoms with van der Waals surface area (Å²) in [6.07, 6.45) is 0. The van der Waals surface area contributed by atoms with Gasteiger partial charge >= 0.3 is 0 Å². The van der Waals surface area contributed by atoms with Crippen molar-refractivity contribution in [1.82, 2.24) is 0 Å². The van der Waals surface area contributed by atoms with E-state index < -0.39 is 10.0 Å². The lowest BCUT2D eigenvalue weighted by Crippen LogP contribution is -2.19. The highest BCUT2D eigenvalue weighted by molar-refractivity contribution is 7.92. The Balaban J connectivity index is 1.65. The first-order chi connectivity index (χ1) is 15.2. The summed E-state index contributed by atoms with van der Waals surface area (Å²) in [5.41, 5.74) is 4.96. The molecule has 0 aliphatic carbocycles. The molecule has 3 aromatic carbocycles. The summed E-state index contributed by atoms with van der Waals surface area (Å²) in [6.45, 7) is 8.31. The molecule has 6 nitrogen and oxygen atoms in total. The summed E-state index contributed by atoms with van der Waals surface area (Å²) in [5.74, 6) is 0.790. The minimum atomic E-state index is -3.71. The standard InChI is InChI=1S/C24H27N3O3S2/c1-5-30-21-10-6-19(7-11-21)25-24(31)26-20-8-12-22(13-9-20)32(28,29)27-23-17(3)14-16(2)15-18(23)4/h6-15,27H,5H2,1-4H3,(H2,25,26,31). The average Bonchev–Trinajstić information content (AvgIpc) is 2.73. The molecule has 0 bridgehead atoms. The smallest absolute Gasteiger partial charge is 0.261 e. The van der Waals surface area contributed by atoms with E-state index in [4.69, 9.17) is 17.0 Å². The van der Waals surface area contributed by atoms with Crippen molar-refractivity contribution < 1.29 is 13.2 Å². The lowest BCUT2D eigenvalue weighted by Gasteiger charge is -2.15. The Bertz CT molecular complexity index is 1180. The van der Waals surface area contributed by atoms with Crippen molar-refractivity contribution in [2.24, 2.45) is 0 Å². The SMILES string of the molecule is CCOc1ccc(NC(=S)Nc2ccc(S(=O)(=O)Nc3c(C)cc(C)cc3C)cc2)cc1. The maximum absolute atomic E-state index is 12.9. The van der Waals surface area contributed by atoms with Gasteiger partial charge in [-0.1, -0.05) is 17.7 Å². The van der Waals surface area contributed by atoms with Crippen LogP contribution in [-0.4, -0.2) is 20.1 Å². The molecule has 0 fully saturated rings. The van der Waals surface area contributed by atoms with Crippen LogP contribution >= 0.6 is 12.2 Å². The highest BCUT2D eigenvalue weighted by atomic mass is 32.2. The number of thiocarbonyl (C=S) groups is 1. The van der Waals surface area contributed by atoms with Crippen molar-refractivity contribution in [3.63, 3.8) is 0 Å². The number of hydrogen-bond donors (Lipinski definition) is 3. The van der Waals surface area contributed by atoms with Crippen LogP contribution < -0.4 is 20.1 Å². The van der Waals surface area contributed by atoms with Crippen molar-refractivity contribution >= 4 is 44.4 Å². The molecule has 0 saturated heterocycles. The zero-order valence-corrected chi connectivity index (χ0v) is 20.2. The van der Waals surface area contributed by atoms with E-state index in [-0.39, 0.29) is 4.90 Å². The van der Waals surface area contributed by atoms with Gasteiger partial charge in [0.25, 0.3) is 10.0 Å². The molecule has 8 heteroatoms. The second kappa shape index (κ2) is 10.0. The van der Waals surface area contributed by atoms with Gasteiger partial charge in [0.1, 0.15) is 5.75 Å². The van der Waals surface area contributed by atoms with Crippen molar-refractivity contribution in [1.29, 1.82) is 0 Å². The van der Waals surface area contributed by atoms with E-state index in [9.17, 15) is 8.42 Å². The zero-order valence-electron chi connectivity index (χ0n) is 18.5. The van der Waals surface area contributed by atoms with Crippen LogP contribution in [0.25, 0.3) is 0 Å². The van der Waals surface area contributed by atoms with Gasteiger partial charge in [-0.2, -0.15) is 0 Å². The highest BCUT2D eigenvalue weighted by Gasteiger charge is 2.17. The molecule has 0 unspecified atom stereocenters. The fourth-order valence-electron chi connectivity index (χ4n) is 3.35. The van der Waals surface area contributed by atoms with Crippen LogP contribution in [0, 0.1) is 20.8 Å². The van der Waals surface area contributed by atoms with Crippen molar-refractivity contribution in [3.05, 3.63) is 77.4 Å². The summed E-state index contributed by atoms with van der Waals surface area (Å²) < 4.78 is 33.9. The van der Waals surface area contributed by atoms with Gasteiger partial charge in [-0.3, -0.25) is 4.72 Å². The van der Waals surface area contributed by atoms with Crippen molar-refractivity contribution in [2.45, 2.75) is 32.6 Å². The molecule has 0 amide bonds. The summed E-state index contributed by atoms with van der Waals surface area (Å²) in [4.78, 5) is 0.174. The molecule has 3 rings (SSSR count). The van der Waals surface area contributed by atoms with E-state index in [1.54, 1.807) is 24.3 Å². The Morgan fingerprint density at radius 1 is 0.875 bits per heavy atom. The quantitative estimate of drug-likeness (QED) is 0.390. The molecule has 0 heterocycles. The molecule has 32 heavy (non-hydrogen) atoms. The first kappa shape index (κ1) is 23.6. The number of rotatable bonds is 7. The summed E-state index contributed by atoms with van der Waals surface area (Å²) in [7, 11) is -3.71. The summed E-state index contributed by atoms with van der Waals surface area (Å²) in [5, 5.41) is 6.54. The van der Waals surface area contributed by atoms with E-state index in [1.807, 2.05) is 64.1 Å². The first-order valence-electron chi connectivity index (χ1n) is 10.2. The van der Waals surface area contributed by atoms with Gasteiger partial charge in [-0.05, 0) is 99.6 Å². The van der Waals surface area contributed by atoms with Crippen LogP contribution in [0.4, 0.5) is 17.1 Å². The van der Waals surface area contributed by atoms with Gasteiger partial charge in [-0.25, -0.2) is 8.42 Å². The number of hydrogen-bond acceptors (Lipinski definition) is 4. The number of sulfonamides is 1. The van der Waals surface area contributed by atoms with Gasteiger partial charge in [0.05, 0.1) is 17.2 Å². The Morgan fingerprint density at radius 2 is 1.38 bits per heavy atom. The van der Waals surface area contributed by atoms with Crippen LogP contribution in [0.1, 0.15) is 23.6 Å². The van der Waals surface area contributed by atoms with Crippen LogP contribution in [0.3, 0.4) is 0 Å². The second-order valence-electron chi connectivity index (χ2n) is 7.44. The van der Waals surface area contributed by atoms with E-state index in [2.05, 4.69) is 15.4 Å². The Hall–Kier alpha value is -3.10. The topological polar surface area (TPSA) is 79.5 Å². The van der Waals surface area contributed by atoms with E-state index in [0.29, 0.717) is 23.1 Å². The minimum absolute atomic E-state index is 0.174. The molecule has 3 N–H and O–H groups in total. The van der Waals surface area contributed by atoms with Gasteiger partial charge in [0.2, 0.25) is 0 Å². The molecule has 0 saturated carbocycles. The maximum atomic E-state index is 12.9. The Labute approximate surface area is 195 Å². The monoisotopic (exact) mass is 469 g/mol. The number of anilines is 3. The van der Waals surface area contributed by atoms with Crippen molar-refractivity contribution in [2.75, 3.05) is 22.0 Å². The molecular formula is C24H27N3O3S2. The van der Waals surface area contributed by atoms with Gasteiger partial charge in [-0.15, -0.1) is 0 Å². The fraction of sp³-hybridized carbons (Fsp3) is 0.208. The normalized spacial score (nSPS) is 11.0. The van der Waals surface area contributed by atoms with Crippen LogP contribution in [-0.2, 0) is 10.0 Å². The summed E-state index contributed by atoms with van der Waals surface area (Å²) >= 11 is 5.35. The number of nitrogens with one attached hydrogen (secondary N) is 3. The second-order valence-corrected chi connectivity index (χ2v) is 9.53. The fourth-order valence-corrected chi connectivity index (χ4v) is 4.78. The molecule has 0 atom stereocenters. The lowest BCUT2D eigenvalue weighted by atomic mass is 10.1. The molecule has 0 aliphatic heterocycles. The maximum Gasteiger partial charge on any atom is 0.261 e. The van der Waals surface area contributed by atoms with Gasteiger partial charge in [0.15, 0.2) is 5.11 Å². The van der Waals surface area contributed by atoms with Crippen LogP contribution in [0.15, 0.2) is 65.6 Å². The Kier molecular flexibility index (Phi) is 7.37. The molecule has 168 valence electrons.